The van der Waals surface area contributed by atoms with Crippen LogP contribution >= 0.6 is 11.8 Å². The molecule has 1 aromatic rings. The summed E-state index contributed by atoms with van der Waals surface area (Å²) in [7, 11) is 1.75. The molecule has 0 saturated carbocycles. The molecular formula is C9H17N5OS. The van der Waals surface area contributed by atoms with Crippen LogP contribution in [0, 0.1) is 5.92 Å². The van der Waals surface area contributed by atoms with Gasteiger partial charge < -0.3 is 5.32 Å². The fourth-order valence-electron chi connectivity index (χ4n) is 1.02. The van der Waals surface area contributed by atoms with Crippen molar-refractivity contribution < 1.29 is 4.79 Å². The van der Waals surface area contributed by atoms with E-state index in [2.05, 4.69) is 34.7 Å². The number of hydrogen-bond acceptors (Lipinski definition) is 5. The SMILES string of the molecule is CC(C)CCNC(=O)CSc1nnnn1C. The molecule has 16 heavy (non-hydrogen) atoms. The summed E-state index contributed by atoms with van der Waals surface area (Å²) >= 11 is 1.34. The first kappa shape index (κ1) is 13.0. The number of tetrazole rings is 1. The Morgan fingerprint density at radius 1 is 1.56 bits per heavy atom. The molecule has 0 bridgehead atoms. The van der Waals surface area contributed by atoms with Gasteiger partial charge in [0.05, 0.1) is 5.75 Å². The molecule has 1 aromatic heterocycles. The van der Waals surface area contributed by atoms with E-state index in [1.165, 1.54) is 11.8 Å². The molecule has 6 nitrogen and oxygen atoms in total. The highest BCUT2D eigenvalue weighted by Crippen LogP contribution is 2.11. The van der Waals surface area contributed by atoms with E-state index in [-0.39, 0.29) is 5.91 Å². The van der Waals surface area contributed by atoms with E-state index in [9.17, 15) is 4.79 Å². The number of aryl methyl sites for hydroxylation is 1. The van der Waals surface area contributed by atoms with Crippen LogP contribution in [0.1, 0.15) is 20.3 Å². The third-order valence-electron chi connectivity index (χ3n) is 1.96. The van der Waals surface area contributed by atoms with Crippen LogP contribution in [-0.2, 0) is 11.8 Å². The maximum atomic E-state index is 11.4. The highest BCUT2D eigenvalue weighted by molar-refractivity contribution is 7.99. The Hall–Kier alpha value is -1.11. The third-order valence-corrected chi connectivity index (χ3v) is 2.97. The van der Waals surface area contributed by atoms with Gasteiger partial charge in [-0.25, -0.2) is 4.68 Å². The predicted molar refractivity (Wildman–Crippen MR) is 62.0 cm³/mol. The molecule has 0 spiro atoms. The molecule has 0 unspecified atom stereocenters. The van der Waals surface area contributed by atoms with Crippen molar-refractivity contribution in [1.82, 2.24) is 25.5 Å². The monoisotopic (exact) mass is 243 g/mol. The van der Waals surface area contributed by atoms with Gasteiger partial charge >= 0.3 is 0 Å². The van der Waals surface area contributed by atoms with Crippen molar-refractivity contribution in [3.05, 3.63) is 0 Å². The lowest BCUT2D eigenvalue weighted by molar-refractivity contribution is -0.118. The van der Waals surface area contributed by atoms with Gasteiger partial charge in [-0.1, -0.05) is 25.6 Å². The Bertz CT molecular complexity index is 338. The standard InChI is InChI=1S/C9H17N5OS/c1-7(2)4-5-10-8(15)6-16-9-11-12-13-14(9)3/h7H,4-6H2,1-3H3,(H,10,15). The summed E-state index contributed by atoms with van der Waals surface area (Å²) in [4.78, 5) is 11.4. The Balaban J connectivity index is 2.18. The first-order valence-electron chi connectivity index (χ1n) is 5.21. The van der Waals surface area contributed by atoms with E-state index in [0.717, 1.165) is 13.0 Å². The fraction of sp³-hybridized carbons (Fsp3) is 0.778. The summed E-state index contributed by atoms with van der Waals surface area (Å²) in [6.07, 6.45) is 1.00. The van der Waals surface area contributed by atoms with Crippen LogP contribution < -0.4 is 5.32 Å². The van der Waals surface area contributed by atoms with Gasteiger partial charge in [0.25, 0.3) is 0 Å². The van der Waals surface area contributed by atoms with Gasteiger partial charge in [-0.15, -0.1) is 5.10 Å². The number of thioether (sulfide) groups is 1. The second-order valence-electron chi connectivity index (χ2n) is 3.91. The molecule has 0 aromatic carbocycles. The van der Waals surface area contributed by atoms with Crippen molar-refractivity contribution >= 4 is 17.7 Å². The zero-order valence-corrected chi connectivity index (χ0v) is 10.6. The lowest BCUT2D eigenvalue weighted by atomic mass is 10.1. The van der Waals surface area contributed by atoms with Crippen LogP contribution in [0.4, 0.5) is 0 Å². The molecule has 1 heterocycles. The maximum absolute atomic E-state index is 11.4. The van der Waals surface area contributed by atoms with Crippen molar-refractivity contribution in [3.8, 4) is 0 Å². The topological polar surface area (TPSA) is 72.7 Å². The molecule has 0 atom stereocenters. The predicted octanol–water partition coefficient (Wildman–Crippen LogP) is 0.464. The summed E-state index contributed by atoms with van der Waals surface area (Å²) in [5, 5.41) is 14.5. The van der Waals surface area contributed by atoms with Gasteiger partial charge in [-0.05, 0) is 22.8 Å². The van der Waals surface area contributed by atoms with E-state index in [0.29, 0.717) is 16.8 Å². The molecule has 0 radical (unpaired) electrons. The van der Waals surface area contributed by atoms with E-state index < -0.39 is 0 Å². The highest BCUT2D eigenvalue weighted by atomic mass is 32.2. The van der Waals surface area contributed by atoms with Crippen LogP contribution in [-0.4, -0.2) is 38.4 Å². The minimum atomic E-state index is 0.0219. The van der Waals surface area contributed by atoms with E-state index in [4.69, 9.17) is 0 Å². The zero-order valence-electron chi connectivity index (χ0n) is 9.80. The number of aromatic nitrogens is 4. The van der Waals surface area contributed by atoms with Gasteiger partial charge in [0.1, 0.15) is 0 Å². The van der Waals surface area contributed by atoms with Gasteiger partial charge in [0, 0.05) is 13.6 Å². The van der Waals surface area contributed by atoms with E-state index in [1.54, 1.807) is 11.7 Å². The van der Waals surface area contributed by atoms with Crippen LogP contribution in [0.2, 0.25) is 0 Å². The molecule has 0 aliphatic heterocycles. The Kier molecular flexibility index (Phi) is 5.24. The van der Waals surface area contributed by atoms with Crippen LogP contribution in [0.3, 0.4) is 0 Å². The van der Waals surface area contributed by atoms with Crippen molar-refractivity contribution in [2.75, 3.05) is 12.3 Å². The molecular weight excluding hydrogens is 226 g/mol. The number of carbonyl (C=O) groups is 1. The number of nitrogens with one attached hydrogen (secondary N) is 1. The molecule has 0 aliphatic rings. The van der Waals surface area contributed by atoms with Crippen LogP contribution in [0.25, 0.3) is 0 Å². The zero-order chi connectivity index (χ0) is 12.0. The van der Waals surface area contributed by atoms with Crippen LogP contribution in [0.15, 0.2) is 5.16 Å². The summed E-state index contributed by atoms with van der Waals surface area (Å²) in [5.41, 5.74) is 0. The fourth-order valence-corrected chi connectivity index (χ4v) is 1.70. The lowest BCUT2D eigenvalue weighted by Crippen LogP contribution is -2.27. The molecule has 1 rings (SSSR count). The number of amides is 1. The van der Waals surface area contributed by atoms with Crippen LogP contribution in [0.5, 0.6) is 0 Å². The van der Waals surface area contributed by atoms with Crippen molar-refractivity contribution in [3.63, 3.8) is 0 Å². The van der Waals surface area contributed by atoms with Crippen molar-refractivity contribution in [2.45, 2.75) is 25.4 Å². The second kappa shape index (κ2) is 6.47. The highest BCUT2D eigenvalue weighted by Gasteiger charge is 2.07. The van der Waals surface area contributed by atoms with Gasteiger partial charge in [0.15, 0.2) is 0 Å². The molecule has 1 amide bonds. The summed E-state index contributed by atoms with van der Waals surface area (Å²) in [6.45, 7) is 4.99. The largest absolute Gasteiger partial charge is 0.355 e. The average Bonchev–Trinajstić information content (AvgIpc) is 2.60. The molecule has 1 N–H and O–H groups in total. The Labute approximate surface area is 99.2 Å². The van der Waals surface area contributed by atoms with Gasteiger partial charge in [0.2, 0.25) is 11.1 Å². The number of rotatable bonds is 6. The second-order valence-corrected chi connectivity index (χ2v) is 4.85. The van der Waals surface area contributed by atoms with E-state index in [1.807, 2.05) is 0 Å². The van der Waals surface area contributed by atoms with Gasteiger partial charge in [-0.3, -0.25) is 4.79 Å². The van der Waals surface area contributed by atoms with Crippen molar-refractivity contribution in [2.24, 2.45) is 13.0 Å². The molecule has 90 valence electrons. The number of hydrogen-bond donors (Lipinski definition) is 1. The van der Waals surface area contributed by atoms with Gasteiger partial charge in [-0.2, -0.15) is 0 Å². The summed E-state index contributed by atoms with van der Waals surface area (Å²) in [5.74, 6) is 0.983. The summed E-state index contributed by atoms with van der Waals surface area (Å²) in [6, 6.07) is 0. The number of nitrogens with zero attached hydrogens (tertiary/aromatic N) is 4. The molecule has 0 aliphatic carbocycles. The first-order valence-corrected chi connectivity index (χ1v) is 6.20. The Morgan fingerprint density at radius 2 is 2.31 bits per heavy atom. The van der Waals surface area contributed by atoms with Crippen molar-refractivity contribution in [1.29, 1.82) is 0 Å². The maximum Gasteiger partial charge on any atom is 0.230 e. The molecule has 0 fully saturated rings. The minimum Gasteiger partial charge on any atom is -0.355 e. The smallest absolute Gasteiger partial charge is 0.230 e. The lowest BCUT2D eigenvalue weighted by Gasteiger charge is -2.06. The summed E-state index contributed by atoms with van der Waals surface area (Å²) < 4.78 is 1.55. The quantitative estimate of drug-likeness (QED) is 0.735. The third kappa shape index (κ3) is 4.61. The van der Waals surface area contributed by atoms with E-state index >= 15 is 0 Å². The first-order chi connectivity index (χ1) is 7.59. The molecule has 7 heteroatoms. The number of carbonyl (C=O) groups excluding carboxylic acids is 1. The minimum absolute atomic E-state index is 0.0219. The normalized spacial score (nSPS) is 10.8. The Morgan fingerprint density at radius 3 is 2.88 bits per heavy atom. The molecule has 0 saturated heterocycles. The average molecular weight is 243 g/mol.